The van der Waals surface area contributed by atoms with E-state index in [9.17, 15) is 0 Å². The van der Waals surface area contributed by atoms with Crippen molar-refractivity contribution in [2.45, 2.75) is 40.0 Å². The van der Waals surface area contributed by atoms with Crippen LogP contribution in [0.1, 0.15) is 40.0 Å². The first-order chi connectivity index (χ1) is 6.26. The minimum Gasteiger partial charge on any atom is -0.281 e. The molecule has 0 bridgehead atoms. The molecule has 78 valence electrons. The summed E-state index contributed by atoms with van der Waals surface area (Å²) in [5.74, 6) is 1.07. The lowest BCUT2D eigenvalue weighted by Crippen LogP contribution is -2.27. The first-order valence-electron chi connectivity index (χ1n) is 5.26. The van der Waals surface area contributed by atoms with Crippen LogP contribution in [0.2, 0.25) is 0 Å². The van der Waals surface area contributed by atoms with Gasteiger partial charge >= 0.3 is 5.17 Å². The fourth-order valence-corrected chi connectivity index (χ4v) is 1.85. The van der Waals surface area contributed by atoms with E-state index in [1.54, 1.807) is 11.8 Å². The predicted molar refractivity (Wildman–Crippen MR) is 62.5 cm³/mol. The molecule has 0 unspecified atom stereocenters. The van der Waals surface area contributed by atoms with Crippen molar-refractivity contribution in [1.82, 2.24) is 0 Å². The Bertz CT molecular complexity index is 155. The molecular weight excluding hydrogens is 180 g/mol. The summed E-state index contributed by atoms with van der Waals surface area (Å²) in [5, 5.41) is 0.998. The molecule has 0 saturated heterocycles. The summed E-state index contributed by atoms with van der Waals surface area (Å²) in [6.45, 7) is 8.76. The molecule has 0 amide bonds. The maximum absolute atomic E-state index is 5.96. The second-order valence-corrected chi connectivity index (χ2v) is 4.40. The molecule has 2 N–H and O–H groups in total. The highest BCUT2D eigenvalue weighted by Gasteiger charge is 2.06. The normalized spacial score (nSPS) is 12.8. The van der Waals surface area contributed by atoms with Crippen LogP contribution in [0.15, 0.2) is 0 Å². The van der Waals surface area contributed by atoms with Crippen molar-refractivity contribution in [3.8, 4) is 0 Å². The van der Waals surface area contributed by atoms with E-state index in [1.165, 1.54) is 19.3 Å². The van der Waals surface area contributed by atoms with Crippen molar-refractivity contribution in [3.05, 3.63) is 0 Å². The number of unbranched alkanes of at least 4 members (excludes halogenated alkanes) is 1. The van der Waals surface area contributed by atoms with Gasteiger partial charge in [0.25, 0.3) is 0 Å². The molecule has 0 aromatic carbocycles. The van der Waals surface area contributed by atoms with Crippen LogP contribution in [0.5, 0.6) is 0 Å². The van der Waals surface area contributed by atoms with Crippen molar-refractivity contribution in [2.24, 2.45) is 5.73 Å². The number of thioether (sulfide) groups is 1. The fraction of sp³-hybridized carbons (Fsp3) is 0.900. The van der Waals surface area contributed by atoms with Gasteiger partial charge in [-0.25, -0.2) is 0 Å². The van der Waals surface area contributed by atoms with E-state index in [-0.39, 0.29) is 0 Å². The number of rotatable bonds is 6. The standard InChI is InChI=1S/C10H22N2S/c1-4-7-9-12(8-5-2)10(11)13-6-3/h11H,4-9H2,1-3H3/p+1. The highest BCUT2D eigenvalue weighted by molar-refractivity contribution is 8.13. The minimum atomic E-state index is 0.998. The summed E-state index contributed by atoms with van der Waals surface area (Å²) in [5.41, 5.74) is 5.96. The molecular formula is C10H23N2S+. The minimum absolute atomic E-state index is 0.998. The number of nitrogens with two attached hydrogens (primary N) is 1. The van der Waals surface area contributed by atoms with Gasteiger partial charge in [-0.3, -0.25) is 10.3 Å². The highest BCUT2D eigenvalue weighted by Crippen LogP contribution is 2.00. The van der Waals surface area contributed by atoms with Crippen molar-refractivity contribution in [1.29, 1.82) is 0 Å². The number of hydrogen-bond acceptors (Lipinski definition) is 1. The second-order valence-electron chi connectivity index (χ2n) is 3.11. The van der Waals surface area contributed by atoms with Crippen molar-refractivity contribution >= 4 is 16.9 Å². The van der Waals surface area contributed by atoms with Crippen LogP contribution < -0.4 is 5.73 Å². The van der Waals surface area contributed by atoms with Gasteiger partial charge in [0.1, 0.15) is 0 Å². The molecule has 0 spiro atoms. The van der Waals surface area contributed by atoms with Gasteiger partial charge in [0.15, 0.2) is 0 Å². The topological polar surface area (TPSA) is 29.0 Å². The van der Waals surface area contributed by atoms with Crippen LogP contribution in [0.3, 0.4) is 0 Å². The van der Waals surface area contributed by atoms with Crippen LogP contribution in [-0.4, -0.2) is 28.6 Å². The van der Waals surface area contributed by atoms with Gasteiger partial charge in [0.2, 0.25) is 0 Å². The third-order valence-electron chi connectivity index (χ3n) is 1.88. The maximum Gasteiger partial charge on any atom is 0.304 e. The summed E-state index contributed by atoms with van der Waals surface area (Å²) in [6.07, 6.45) is 3.66. The van der Waals surface area contributed by atoms with Gasteiger partial charge in [0.05, 0.1) is 13.1 Å². The molecule has 0 aromatic rings. The molecule has 0 atom stereocenters. The van der Waals surface area contributed by atoms with E-state index in [0.29, 0.717) is 0 Å². The zero-order chi connectivity index (χ0) is 10.1. The Morgan fingerprint density at radius 1 is 1.15 bits per heavy atom. The average molecular weight is 203 g/mol. The largest absolute Gasteiger partial charge is 0.304 e. The van der Waals surface area contributed by atoms with Crippen LogP contribution in [-0.2, 0) is 0 Å². The Balaban J connectivity index is 4.10. The smallest absolute Gasteiger partial charge is 0.281 e. The molecule has 0 fully saturated rings. The zero-order valence-electron chi connectivity index (χ0n) is 9.18. The molecule has 0 heterocycles. The van der Waals surface area contributed by atoms with Crippen LogP contribution in [0.25, 0.3) is 0 Å². The molecule has 0 aromatic heterocycles. The summed E-state index contributed by atoms with van der Waals surface area (Å²) in [4.78, 5) is 0. The van der Waals surface area contributed by atoms with E-state index < -0.39 is 0 Å². The summed E-state index contributed by atoms with van der Waals surface area (Å²) in [6, 6.07) is 0. The predicted octanol–water partition coefficient (Wildman–Crippen LogP) is 2.28. The maximum atomic E-state index is 5.96. The van der Waals surface area contributed by atoms with Gasteiger partial charge in [-0.05, 0) is 24.6 Å². The first-order valence-corrected chi connectivity index (χ1v) is 6.24. The van der Waals surface area contributed by atoms with Crippen LogP contribution in [0, 0.1) is 0 Å². The first kappa shape index (κ1) is 12.8. The van der Waals surface area contributed by atoms with E-state index in [0.717, 1.165) is 24.0 Å². The van der Waals surface area contributed by atoms with E-state index in [4.69, 9.17) is 5.73 Å². The third-order valence-corrected chi connectivity index (χ3v) is 2.72. The zero-order valence-corrected chi connectivity index (χ0v) is 9.99. The lowest BCUT2D eigenvalue weighted by Gasteiger charge is -2.07. The SMILES string of the molecule is CCCC[N+](CCC)=C(N)SCC. The van der Waals surface area contributed by atoms with Crippen LogP contribution >= 0.6 is 11.8 Å². The van der Waals surface area contributed by atoms with Gasteiger partial charge < -0.3 is 0 Å². The third kappa shape index (κ3) is 5.97. The lowest BCUT2D eigenvalue weighted by molar-refractivity contribution is -0.526. The summed E-state index contributed by atoms with van der Waals surface area (Å²) < 4.78 is 2.30. The molecule has 0 radical (unpaired) electrons. The number of hydrogen-bond donors (Lipinski definition) is 1. The Morgan fingerprint density at radius 2 is 1.85 bits per heavy atom. The van der Waals surface area contributed by atoms with Crippen molar-refractivity contribution in [2.75, 3.05) is 18.8 Å². The van der Waals surface area contributed by atoms with Gasteiger partial charge in [-0.2, -0.15) is 0 Å². The molecule has 0 rings (SSSR count). The highest BCUT2D eigenvalue weighted by atomic mass is 32.2. The quantitative estimate of drug-likeness (QED) is 0.408. The van der Waals surface area contributed by atoms with E-state index in [1.807, 2.05) is 0 Å². The van der Waals surface area contributed by atoms with E-state index >= 15 is 0 Å². The summed E-state index contributed by atoms with van der Waals surface area (Å²) in [7, 11) is 0. The second kappa shape index (κ2) is 8.42. The van der Waals surface area contributed by atoms with E-state index in [2.05, 4.69) is 25.3 Å². The van der Waals surface area contributed by atoms with Gasteiger partial charge in [-0.15, -0.1) is 0 Å². The molecule has 0 aliphatic heterocycles. The molecule has 0 aliphatic rings. The summed E-state index contributed by atoms with van der Waals surface area (Å²) >= 11 is 1.75. The molecule has 2 nitrogen and oxygen atoms in total. The number of nitrogens with zero attached hydrogens (tertiary/aromatic N) is 1. The fourth-order valence-electron chi connectivity index (χ4n) is 1.19. The average Bonchev–Trinajstić information content (AvgIpc) is 2.12. The Hall–Kier alpha value is -0.180. The van der Waals surface area contributed by atoms with Gasteiger partial charge in [0, 0.05) is 5.75 Å². The molecule has 13 heavy (non-hydrogen) atoms. The lowest BCUT2D eigenvalue weighted by atomic mass is 10.3. The van der Waals surface area contributed by atoms with Crippen molar-refractivity contribution in [3.63, 3.8) is 0 Å². The van der Waals surface area contributed by atoms with Crippen molar-refractivity contribution < 1.29 is 4.58 Å². The monoisotopic (exact) mass is 203 g/mol. The molecule has 3 heteroatoms. The molecule has 0 aliphatic carbocycles. The Kier molecular flexibility index (Phi) is 8.30. The Morgan fingerprint density at radius 3 is 2.31 bits per heavy atom. The Labute approximate surface area is 86.6 Å². The van der Waals surface area contributed by atoms with Crippen LogP contribution in [0.4, 0.5) is 0 Å². The molecule has 0 saturated carbocycles. The van der Waals surface area contributed by atoms with Gasteiger partial charge in [-0.1, -0.05) is 27.2 Å². The number of amidine groups is 1.